The maximum Gasteiger partial charge on any atom is 1.00 e. The zero-order chi connectivity index (χ0) is 88.4. The first kappa shape index (κ1) is 129. The Morgan fingerprint density at radius 1 is 0.167 bits per heavy atom. The molecule has 0 N–H and O–H groups in total. The minimum atomic E-state index is -5.77. The monoisotopic (exact) mass is 2040 g/mol. The summed E-state index contributed by atoms with van der Waals surface area (Å²) in [5.41, 5.74) is 0. The summed E-state index contributed by atoms with van der Waals surface area (Å²) >= 11 is 0. The molecule has 0 amide bonds. The summed E-state index contributed by atoms with van der Waals surface area (Å²) in [6.07, 6.45) is -68.5. The topological polar surface area (TPSA) is 723 Å². The van der Waals surface area contributed by atoms with Gasteiger partial charge in [0.2, 0.25) is 72.8 Å². The average Bonchev–Trinajstić information content (AvgIpc) is 0.768. The largest absolute Gasteiger partial charge is 1.00 e. The van der Waals surface area contributed by atoms with Crippen LogP contribution in [0, 0.1) is 0 Å². The molecule has 56 nitrogen and oxygen atoms in total. The van der Waals surface area contributed by atoms with E-state index < -0.39 is 334 Å². The van der Waals surface area contributed by atoms with E-state index in [1.807, 2.05) is 0 Å². The zero-order valence-electron chi connectivity index (χ0n) is 71.9. The maximum atomic E-state index is 12.4. The van der Waals surface area contributed by atoms with Crippen molar-refractivity contribution in [3.8, 4) is 0 Å². The fourth-order valence-electron chi connectivity index (χ4n) is 14.8. The summed E-state index contributed by atoms with van der Waals surface area (Å²) in [6, 6.07) is 0. The van der Waals surface area contributed by atoms with Crippen LogP contribution in [0.3, 0.4) is 0 Å². The van der Waals surface area contributed by atoms with E-state index in [-0.39, 0.29) is 207 Å². The van der Waals surface area contributed by atoms with E-state index in [9.17, 15) is 90.8 Å². The third-order valence-corrected chi connectivity index (χ3v) is 22.6. The first-order valence-corrected chi connectivity index (χ1v) is 43.8. The SMILES string of the molecule is CO[C@@H]1[C@@H](OC)[C@H]2O[C@H]3[C@H](OC)[C@@H](OC)[C@@H](O[C@H]4[C@H](OC)[C@@H](OC)[C@@H](O[C@H]5[C@H](OC)[C@@H](OC)[C@@H](O[C@H]6[C@H](OC)[C@@H](OC)[C@@H](O[C@H]7[C@H](OC)[C@@H](OC)[C@@H](O[C@H]8[C@H](OC)[C@@H](OC)[C@@H](O[C@@H]1[C@@H](COS(=O)(=O)[O-])O2)O[C@@H]8COS(=O)(=O)[O-])O[C@@H]7COS(=O)(=O)[O-])O[C@@H]6COS(=O)(=O)[O-])O[C@@H]5COS(=O)(=O)[O-])O[C@@H]4COS(=O)(=O)[O-])O[C@@H]3COS(=O)(=O)[O-].[Na+].[Na+].[Na+].[Na+].[Na+].[Na+].[Na+]. The van der Waals surface area contributed by atoms with Crippen molar-refractivity contribution in [2.24, 2.45) is 0 Å². The first-order chi connectivity index (χ1) is 55.7. The molecule has 21 rings (SSSR count). The molecule has 0 aromatic rings. The van der Waals surface area contributed by atoms with Gasteiger partial charge in [-0.05, 0) is 0 Å². The van der Waals surface area contributed by atoms with Crippen LogP contribution < -0.4 is 207 Å². The van der Waals surface area contributed by atoms with E-state index in [0.717, 1.165) is 99.5 Å². The third kappa shape index (κ3) is 35.8. The van der Waals surface area contributed by atoms with Crippen LogP contribution in [-0.2, 0) is 235 Å². The smallest absolute Gasteiger partial charge is 0.726 e. The maximum absolute atomic E-state index is 12.4. The van der Waals surface area contributed by atoms with Crippen LogP contribution in [-0.4, -0.2) is 452 Å². The Morgan fingerprint density at radius 2 is 0.254 bits per heavy atom. The molecule has 21 aliphatic rings. The van der Waals surface area contributed by atoms with E-state index in [2.05, 4.69) is 0 Å². The van der Waals surface area contributed by atoms with Gasteiger partial charge in [0.25, 0.3) is 0 Å². The van der Waals surface area contributed by atoms with Gasteiger partial charge in [-0.3, -0.25) is 29.3 Å². The number of rotatable bonds is 35. The van der Waals surface area contributed by atoms with Crippen molar-refractivity contribution in [3.63, 3.8) is 0 Å². The van der Waals surface area contributed by atoms with Gasteiger partial charge < -0.3 is 165 Å². The Kier molecular flexibility index (Phi) is 58.8. The molecule has 35 atom stereocenters. The van der Waals surface area contributed by atoms with Crippen LogP contribution >= 0.6 is 0 Å². The van der Waals surface area contributed by atoms with Crippen molar-refractivity contribution in [1.82, 2.24) is 0 Å². The molecule has 0 aromatic carbocycles. The van der Waals surface area contributed by atoms with E-state index in [1.54, 1.807) is 0 Å². The van der Waals surface area contributed by atoms with Gasteiger partial charge in [0.1, 0.15) is 171 Å². The normalized spacial score (nSPS) is 38.7. The Bertz CT molecular complexity index is 3320. The third-order valence-electron chi connectivity index (χ3n) is 19.6. The van der Waals surface area contributed by atoms with Crippen molar-refractivity contribution in [3.05, 3.63) is 0 Å². The molecule has 21 saturated heterocycles. The number of ether oxygens (including phenoxy) is 28. The van der Waals surface area contributed by atoms with Crippen LogP contribution in [0.1, 0.15) is 0 Å². The fraction of sp³-hybridized carbons (Fsp3) is 1.00. The van der Waals surface area contributed by atoms with Crippen LogP contribution in [0.15, 0.2) is 0 Å². The van der Waals surface area contributed by atoms with Crippen LogP contribution in [0.2, 0.25) is 0 Å². The standard InChI is InChI=1S/C56H98O56S7.7Na/c1-78-36-29-22(15-92-113(57,58)59)99-50(43(36)85-8)107-30-23(16-93-114(60,61)62)101-52(45(87-10)37(30)79-2)109-32-25(18-95-116(66,67)68)103-54(47(89-12)39(32)81-4)111-34-27(20-97-118(72,73)74)105-56(49(91-14)41(34)83-6)112-35-28(21-98-119(75,76)77)104-55(48(90-13)42(35)84-7)110-33-26(19-96-117(69,70)71)102-53(46(88-11)40(33)82-5)108-31-24(17-94-115(63,64)65)100-51(106-29)44(86-9)38(31)80-3;;;;;;;/h22-56H,15-21H2,1-14H3,(H,57,58,59)(H,60,61,62)(H,63,64,65)(H,66,67,68)(H,69,70,71)(H,72,73,74)(H,75,76,77);;;;;;;/q;7*+1/p-7/t22-,23-,24-,25-,26-,27-,28-,29-,30-,31-,32-,33-,34-,35-,36+,37+,38+,39+,40+,41+,42+,43-,44-,45-,46-,47-,48-,49-,50-,51-,52-,53-,54-,55-,56-;;;;;;;/m1......./s1. The second kappa shape index (κ2) is 57.5. The van der Waals surface area contributed by atoms with E-state index >= 15 is 0 Å². The van der Waals surface area contributed by atoms with Gasteiger partial charge in [-0.1, -0.05) is 0 Å². The Balaban J connectivity index is 0.0000113. The quantitative estimate of drug-likeness (QED) is 0.0323. The molecular weight excluding hydrogens is 1950 g/mol. The zero-order valence-corrected chi connectivity index (χ0v) is 91.6. The molecule has 0 aromatic heterocycles. The fourth-order valence-corrected chi connectivity index (χ4v) is 16.9. The van der Waals surface area contributed by atoms with Gasteiger partial charge in [0.05, 0.1) is 46.2 Å². The van der Waals surface area contributed by atoms with Gasteiger partial charge in [-0.25, -0.2) is 58.9 Å². The molecule has 0 radical (unpaired) electrons. The van der Waals surface area contributed by atoms with Gasteiger partial charge in [0.15, 0.2) is 44.0 Å². The molecule has 0 spiro atoms. The van der Waals surface area contributed by atoms with E-state index in [4.69, 9.17) is 162 Å². The minimum absolute atomic E-state index is 0. The number of methoxy groups -OCH3 is 14. The molecule has 126 heavy (non-hydrogen) atoms. The summed E-state index contributed by atoms with van der Waals surface area (Å²) in [5.74, 6) is 0. The van der Waals surface area contributed by atoms with Crippen LogP contribution in [0.4, 0.5) is 0 Å². The summed E-state index contributed by atoms with van der Waals surface area (Å²) in [6.45, 7) is -9.72. The van der Waals surface area contributed by atoms with Gasteiger partial charge >= 0.3 is 207 Å². The molecular formula is C56H91Na7O56S7. The molecule has 0 unspecified atom stereocenters. The second-order valence-corrected chi connectivity index (χ2v) is 33.5. The minimum Gasteiger partial charge on any atom is -0.726 e. The summed E-state index contributed by atoms with van der Waals surface area (Å²) in [7, 11) is -26.3. The Morgan fingerprint density at radius 3 is 0.325 bits per heavy atom. The number of hydrogen-bond acceptors (Lipinski definition) is 56. The molecule has 0 aliphatic carbocycles. The Labute approximate surface area is 881 Å². The Hall–Kier alpha value is 4.97. The second-order valence-electron chi connectivity index (χ2n) is 26.2. The van der Waals surface area contributed by atoms with Crippen LogP contribution in [0.25, 0.3) is 0 Å². The van der Waals surface area contributed by atoms with Crippen LogP contribution in [0.5, 0.6) is 0 Å². The van der Waals surface area contributed by atoms with Crippen molar-refractivity contribution >= 4 is 72.8 Å². The molecule has 700 valence electrons. The average molecular weight is 2050 g/mol. The van der Waals surface area contributed by atoms with Gasteiger partial charge in [-0.15, -0.1) is 0 Å². The van der Waals surface area contributed by atoms with E-state index in [1.165, 1.54) is 0 Å². The predicted molar refractivity (Wildman–Crippen MR) is 355 cm³/mol. The summed E-state index contributed by atoms with van der Waals surface area (Å²) < 4.78 is 466. The predicted octanol–water partition coefficient (Wildman–Crippen LogP) is -30.7. The molecule has 0 saturated carbocycles. The van der Waals surface area contributed by atoms with Gasteiger partial charge in [-0.2, -0.15) is 0 Å². The first-order valence-electron chi connectivity index (χ1n) is 34.5. The molecule has 70 heteroatoms. The van der Waals surface area contributed by atoms with E-state index in [0.29, 0.717) is 0 Å². The number of hydrogen-bond donors (Lipinski definition) is 0. The molecule has 21 fully saturated rings. The molecule has 14 bridgehead atoms. The summed E-state index contributed by atoms with van der Waals surface area (Å²) in [4.78, 5) is 0. The van der Waals surface area contributed by atoms with Crippen molar-refractivity contribution < 1.29 is 460 Å². The van der Waals surface area contributed by atoms with Crippen molar-refractivity contribution in [1.29, 1.82) is 0 Å². The molecule has 21 heterocycles. The van der Waals surface area contributed by atoms with Crippen molar-refractivity contribution in [2.45, 2.75) is 215 Å². The van der Waals surface area contributed by atoms with Gasteiger partial charge in [0, 0.05) is 99.5 Å². The molecule has 21 aliphatic heterocycles. The summed E-state index contributed by atoms with van der Waals surface area (Å²) in [5, 5.41) is 0. The van der Waals surface area contributed by atoms with Crippen molar-refractivity contribution in [2.75, 3.05) is 146 Å².